The molecule has 0 spiro atoms. The first-order valence-electron chi connectivity index (χ1n) is 9.48. The molecule has 0 saturated heterocycles. The summed E-state index contributed by atoms with van der Waals surface area (Å²) in [6.45, 7) is 3.41. The van der Waals surface area contributed by atoms with Gasteiger partial charge in [0.1, 0.15) is 11.6 Å². The molecule has 1 fully saturated rings. The van der Waals surface area contributed by atoms with Gasteiger partial charge in [-0.3, -0.25) is 9.69 Å². The van der Waals surface area contributed by atoms with Crippen LogP contribution >= 0.6 is 0 Å². The Labute approximate surface area is 163 Å². The molecule has 1 aromatic rings. The van der Waals surface area contributed by atoms with Gasteiger partial charge in [0, 0.05) is 24.2 Å². The van der Waals surface area contributed by atoms with E-state index in [-0.39, 0.29) is 37.3 Å². The van der Waals surface area contributed by atoms with Crippen LogP contribution in [0.1, 0.15) is 30.9 Å². The standard InChI is InChI=1S/C19H26FN3O5/c1-2-23(9-17(24)25)16-7-15(8-16)22-19(26)21-4-3-12-5-14(20)6-13-10-27-11-28-18(12)13/h5-6,15-16H,2-4,7-11H2,1H3,(H,24,25)(H2,21,22,26). The lowest BCUT2D eigenvalue weighted by molar-refractivity contribution is -0.139. The number of halogens is 1. The number of aliphatic carboxylic acids is 1. The summed E-state index contributed by atoms with van der Waals surface area (Å²) >= 11 is 0. The second-order valence-electron chi connectivity index (χ2n) is 7.09. The van der Waals surface area contributed by atoms with Crippen molar-refractivity contribution >= 4 is 12.0 Å². The molecule has 1 heterocycles. The Morgan fingerprint density at radius 2 is 2.14 bits per heavy atom. The first-order valence-corrected chi connectivity index (χ1v) is 9.48. The van der Waals surface area contributed by atoms with E-state index >= 15 is 0 Å². The fraction of sp³-hybridized carbons (Fsp3) is 0.579. The molecule has 1 aliphatic heterocycles. The van der Waals surface area contributed by atoms with Gasteiger partial charge < -0.3 is 25.2 Å². The Balaban J connectivity index is 1.40. The summed E-state index contributed by atoms with van der Waals surface area (Å²) in [4.78, 5) is 24.8. The molecule has 0 atom stereocenters. The van der Waals surface area contributed by atoms with Gasteiger partial charge >= 0.3 is 12.0 Å². The highest BCUT2D eigenvalue weighted by Crippen LogP contribution is 2.29. The van der Waals surface area contributed by atoms with Gasteiger partial charge in [-0.25, -0.2) is 9.18 Å². The fourth-order valence-electron chi connectivity index (χ4n) is 3.67. The number of urea groups is 1. The summed E-state index contributed by atoms with van der Waals surface area (Å²) in [7, 11) is 0. The molecule has 2 aliphatic rings. The molecule has 3 N–H and O–H groups in total. The van der Waals surface area contributed by atoms with Crippen molar-refractivity contribution in [2.75, 3.05) is 26.4 Å². The maximum Gasteiger partial charge on any atom is 0.317 e. The number of nitrogens with zero attached hydrogens (tertiary/aromatic N) is 1. The summed E-state index contributed by atoms with van der Waals surface area (Å²) in [5, 5.41) is 14.6. The van der Waals surface area contributed by atoms with Gasteiger partial charge in [0.05, 0.1) is 13.2 Å². The van der Waals surface area contributed by atoms with Crippen LogP contribution < -0.4 is 15.4 Å². The highest BCUT2D eigenvalue weighted by Gasteiger charge is 2.34. The van der Waals surface area contributed by atoms with E-state index in [2.05, 4.69) is 10.6 Å². The van der Waals surface area contributed by atoms with Crippen LogP contribution in [0, 0.1) is 5.82 Å². The first-order chi connectivity index (χ1) is 13.5. The van der Waals surface area contributed by atoms with E-state index in [4.69, 9.17) is 14.6 Å². The molecule has 1 saturated carbocycles. The molecule has 0 radical (unpaired) electrons. The van der Waals surface area contributed by atoms with Gasteiger partial charge in [0.15, 0.2) is 6.79 Å². The zero-order valence-electron chi connectivity index (χ0n) is 15.9. The Hall–Kier alpha value is -2.39. The van der Waals surface area contributed by atoms with Crippen molar-refractivity contribution in [1.82, 2.24) is 15.5 Å². The third-order valence-corrected chi connectivity index (χ3v) is 5.14. The Morgan fingerprint density at radius 3 is 2.86 bits per heavy atom. The molecule has 3 rings (SSSR count). The molecule has 0 bridgehead atoms. The van der Waals surface area contributed by atoms with Crippen molar-refractivity contribution in [2.45, 2.75) is 44.9 Å². The van der Waals surface area contributed by atoms with Crippen LogP contribution in [0.4, 0.5) is 9.18 Å². The molecule has 8 nitrogen and oxygen atoms in total. The van der Waals surface area contributed by atoms with Crippen LogP contribution in [-0.2, 0) is 22.6 Å². The van der Waals surface area contributed by atoms with Crippen LogP contribution in [0.2, 0.25) is 0 Å². The maximum absolute atomic E-state index is 13.7. The molecule has 9 heteroatoms. The number of carboxylic acid groups (broad SMARTS) is 1. The monoisotopic (exact) mass is 395 g/mol. The number of rotatable bonds is 8. The predicted molar refractivity (Wildman–Crippen MR) is 98.6 cm³/mol. The minimum absolute atomic E-state index is 0.0190. The van der Waals surface area contributed by atoms with Crippen molar-refractivity contribution in [3.05, 3.63) is 29.1 Å². The molecule has 1 aliphatic carbocycles. The maximum atomic E-state index is 13.7. The molecule has 0 unspecified atom stereocenters. The lowest BCUT2D eigenvalue weighted by Crippen LogP contribution is -2.56. The van der Waals surface area contributed by atoms with Crippen LogP contribution in [0.15, 0.2) is 12.1 Å². The molecular weight excluding hydrogens is 369 g/mol. The fourth-order valence-corrected chi connectivity index (χ4v) is 3.67. The van der Waals surface area contributed by atoms with E-state index in [0.717, 1.165) is 12.8 Å². The van der Waals surface area contributed by atoms with E-state index in [9.17, 15) is 14.0 Å². The predicted octanol–water partition coefficient (Wildman–Crippen LogP) is 1.47. The van der Waals surface area contributed by atoms with Gasteiger partial charge in [-0.15, -0.1) is 0 Å². The van der Waals surface area contributed by atoms with Gasteiger partial charge in [-0.2, -0.15) is 0 Å². The number of likely N-dealkylation sites (N-methyl/N-ethyl adjacent to an activating group) is 1. The molecule has 2 amide bonds. The second kappa shape index (κ2) is 9.20. The zero-order chi connectivity index (χ0) is 20.1. The molecule has 28 heavy (non-hydrogen) atoms. The number of carboxylic acids is 1. The Morgan fingerprint density at radius 1 is 1.36 bits per heavy atom. The number of fused-ring (bicyclic) bond motifs is 1. The van der Waals surface area contributed by atoms with Crippen molar-refractivity contribution in [3.63, 3.8) is 0 Å². The van der Waals surface area contributed by atoms with Crippen LogP contribution in [0.25, 0.3) is 0 Å². The van der Waals surface area contributed by atoms with Crippen molar-refractivity contribution in [3.8, 4) is 5.75 Å². The SMILES string of the molecule is CCN(CC(=O)O)C1CC(NC(=O)NCCc2cc(F)cc3c2OCOC3)C1. The zero-order valence-corrected chi connectivity index (χ0v) is 15.9. The van der Waals surface area contributed by atoms with Crippen LogP contribution in [0.3, 0.4) is 0 Å². The number of ether oxygens (including phenoxy) is 2. The molecule has 1 aromatic carbocycles. The van der Waals surface area contributed by atoms with Crippen molar-refractivity contribution in [2.24, 2.45) is 0 Å². The van der Waals surface area contributed by atoms with Crippen molar-refractivity contribution in [1.29, 1.82) is 0 Å². The topological polar surface area (TPSA) is 100 Å². The minimum Gasteiger partial charge on any atom is -0.480 e. The number of amides is 2. The number of benzene rings is 1. The second-order valence-corrected chi connectivity index (χ2v) is 7.09. The van der Waals surface area contributed by atoms with E-state index in [1.807, 2.05) is 11.8 Å². The third kappa shape index (κ3) is 5.11. The number of nitrogens with one attached hydrogen (secondary N) is 2. The van der Waals surface area contributed by atoms with E-state index in [1.165, 1.54) is 12.1 Å². The number of carbonyl (C=O) groups excluding carboxylic acids is 1. The normalized spacial score (nSPS) is 20.7. The Kier molecular flexibility index (Phi) is 6.69. The van der Waals surface area contributed by atoms with Crippen LogP contribution in [-0.4, -0.2) is 60.5 Å². The quantitative estimate of drug-likeness (QED) is 0.616. The van der Waals surface area contributed by atoms with E-state index in [0.29, 0.717) is 43.0 Å². The summed E-state index contributed by atoms with van der Waals surface area (Å²) in [5.41, 5.74) is 1.38. The van der Waals surface area contributed by atoms with Gasteiger partial charge in [-0.05, 0) is 43.5 Å². The lowest BCUT2D eigenvalue weighted by Gasteiger charge is -2.42. The lowest BCUT2D eigenvalue weighted by atomic mass is 9.85. The largest absolute Gasteiger partial charge is 0.480 e. The minimum atomic E-state index is -0.842. The summed E-state index contributed by atoms with van der Waals surface area (Å²) in [6.07, 6.45) is 1.92. The van der Waals surface area contributed by atoms with Gasteiger partial charge in [0.25, 0.3) is 0 Å². The van der Waals surface area contributed by atoms with E-state index in [1.54, 1.807) is 0 Å². The molecular formula is C19H26FN3O5. The first kappa shape index (κ1) is 20.3. The number of hydrogen-bond acceptors (Lipinski definition) is 5. The van der Waals surface area contributed by atoms with Crippen molar-refractivity contribution < 1.29 is 28.6 Å². The molecule has 154 valence electrons. The number of hydrogen-bond donors (Lipinski definition) is 3. The molecule has 0 aromatic heterocycles. The van der Waals surface area contributed by atoms with Gasteiger partial charge in [-0.1, -0.05) is 6.92 Å². The summed E-state index contributed by atoms with van der Waals surface area (Å²) in [5.74, 6) is -0.560. The summed E-state index contributed by atoms with van der Waals surface area (Å²) in [6, 6.07) is 2.76. The average molecular weight is 395 g/mol. The Bertz CT molecular complexity index is 724. The third-order valence-electron chi connectivity index (χ3n) is 5.14. The average Bonchev–Trinajstić information content (AvgIpc) is 2.62. The summed E-state index contributed by atoms with van der Waals surface area (Å²) < 4.78 is 24.4. The highest BCUT2D eigenvalue weighted by molar-refractivity contribution is 5.74. The number of carbonyl (C=O) groups is 2. The van der Waals surface area contributed by atoms with Crippen LogP contribution in [0.5, 0.6) is 5.75 Å². The highest BCUT2D eigenvalue weighted by atomic mass is 19.1. The smallest absolute Gasteiger partial charge is 0.317 e. The van der Waals surface area contributed by atoms with E-state index < -0.39 is 5.97 Å². The van der Waals surface area contributed by atoms with Gasteiger partial charge in [0.2, 0.25) is 0 Å².